The summed E-state index contributed by atoms with van der Waals surface area (Å²) in [4.78, 5) is 15.5. The number of aromatic carboxylic acids is 1. The summed E-state index contributed by atoms with van der Waals surface area (Å²) in [6.07, 6.45) is 0. The number of thiazole rings is 1. The van der Waals surface area contributed by atoms with Gasteiger partial charge in [-0.15, -0.1) is 16.4 Å². The van der Waals surface area contributed by atoms with E-state index in [4.69, 9.17) is 0 Å². The van der Waals surface area contributed by atoms with Gasteiger partial charge in [0, 0.05) is 10.9 Å². The molecule has 0 fully saturated rings. The number of carbonyl (C=O) groups is 1. The second kappa shape index (κ2) is 5.06. The number of hydrogen-bond donors (Lipinski definition) is 1. The minimum absolute atomic E-state index is 0.0787. The molecule has 0 aliphatic rings. The van der Waals surface area contributed by atoms with E-state index in [1.165, 1.54) is 34.2 Å². The highest BCUT2D eigenvalue weighted by Gasteiger charge is 2.24. The molecule has 3 aromatic rings. The van der Waals surface area contributed by atoms with Gasteiger partial charge in [0.2, 0.25) is 5.13 Å². The highest BCUT2D eigenvalue weighted by Crippen LogP contribution is 2.28. The Bertz CT molecular complexity index is 827. The zero-order chi connectivity index (χ0) is 15.0. The predicted octanol–water partition coefficient (Wildman–Crippen LogP) is 2.54. The van der Waals surface area contributed by atoms with E-state index in [1.807, 2.05) is 0 Å². The number of carboxylic acids is 1. The molecule has 0 saturated heterocycles. The van der Waals surface area contributed by atoms with Crippen molar-refractivity contribution in [2.24, 2.45) is 0 Å². The molecule has 0 bridgehead atoms. The van der Waals surface area contributed by atoms with Gasteiger partial charge in [0.25, 0.3) is 0 Å². The van der Waals surface area contributed by atoms with Gasteiger partial charge in [-0.25, -0.2) is 14.2 Å². The van der Waals surface area contributed by atoms with Crippen LogP contribution in [-0.4, -0.2) is 31.1 Å². The van der Waals surface area contributed by atoms with Gasteiger partial charge in [-0.2, -0.15) is 4.68 Å². The molecule has 106 valence electrons. The van der Waals surface area contributed by atoms with Crippen LogP contribution in [0.5, 0.6) is 0 Å². The highest BCUT2D eigenvalue weighted by molar-refractivity contribution is 7.12. The Morgan fingerprint density at radius 1 is 1.38 bits per heavy atom. The van der Waals surface area contributed by atoms with Gasteiger partial charge in [0.05, 0.1) is 5.69 Å². The van der Waals surface area contributed by atoms with E-state index in [0.717, 1.165) is 5.69 Å². The van der Waals surface area contributed by atoms with E-state index >= 15 is 0 Å². The maximum absolute atomic E-state index is 14.0. The molecule has 3 rings (SSSR count). The summed E-state index contributed by atoms with van der Waals surface area (Å²) in [6.45, 7) is 1.80. The van der Waals surface area contributed by atoms with Crippen LogP contribution in [0, 0.1) is 12.7 Å². The summed E-state index contributed by atoms with van der Waals surface area (Å²) in [7, 11) is 0. The molecule has 2 aromatic heterocycles. The lowest BCUT2D eigenvalue weighted by Crippen LogP contribution is -2.04. The zero-order valence-electron chi connectivity index (χ0n) is 10.8. The first kappa shape index (κ1) is 13.4. The van der Waals surface area contributed by atoms with Crippen LogP contribution in [0.4, 0.5) is 4.39 Å². The summed E-state index contributed by atoms with van der Waals surface area (Å²) in [6, 6.07) is 5.89. The fraction of sp³-hybridized carbons (Fsp3) is 0.0769. The van der Waals surface area contributed by atoms with Crippen molar-refractivity contribution in [2.45, 2.75) is 6.92 Å². The number of nitrogens with zero attached hydrogens (tertiary/aromatic N) is 4. The smallest absolute Gasteiger partial charge is 0.358 e. The minimum Gasteiger partial charge on any atom is -0.476 e. The highest BCUT2D eigenvalue weighted by atomic mass is 32.1. The van der Waals surface area contributed by atoms with Gasteiger partial charge in [-0.1, -0.05) is 17.3 Å². The first-order valence-corrected chi connectivity index (χ1v) is 6.82. The Kier molecular flexibility index (Phi) is 3.22. The second-order valence-corrected chi connectivity index (χ2v) is 5.09. The molecule has 1 aromatic carbocycles. The van der Waals surface area contributed by atoms with Crippen LogP contribution in [0.15, 0.2) is 29.6 Å². The van der Waals surface area contributed by atoms with Gasteiger partial charge in [-0.3, -0.25) is 0 Å². The van der Waals surface area contributed by atoms with Gasteiger partial charge in [0.1, 0.15) is 11.5 Å². The van der Waals surface area contributed by atoms with Crippen molar-refractivity contribution in [1.82, 2.24) is 20.0 Å². The number of benzene rings is 1. The topological polar surface area (TPSA) is 80.9 Å². The lowest BCUT2D eigenvalue weighted by Gasteiger charge is -2.05. The number of rotatable bonds is 3. The zero-order valence-corrected chi connectivity index (χ0v) is 11.6. The molecule has 0 amide bonds. The van der Waals surface area contributed by atoms with E-state index < -0.39 is 11.8 Å². The third kappa shape index (κ3) is 2.29. The maximum atomic E-state index is 14.0. The van der Waals surface area contributed by atoms with E-state index in [9.17, 15) is 14.3 Å². The molecule has 0 unspecified atom stereocenters. The predicted molar refractivity (Wildman–Crippen MR) is 74.1 cm³/mol. The molecule has 2 heterocycles. The Balaban J connectivity index is 2.28. The van der Waals surface area contributed by atoms with Gasteiger partial charge in [-0.05, 0) is 19.1 Å². The van der Waals surface area contributed by atoms with Crippen LogP contribution in [0.3, 0.4) is 0 Å². The van der Waals surface area contributed by atoms with E-state index in [0.29, 0.717) is 5.13 Å². The monoisotopic (exact) mass is 304 g/mol. The normalized spacial score (nSPS) is 10.8. The summed E-state index contributed by atoms with van der Waals surface area (Å²) in [5.74, 6) is -1.82. The Labute approximate surface area is 122 Å². The summed E-state index contributed by atoms with van der Waals surface area (Å²) in [5, 5.41) is 18.9. The summed E-state index contributed by atoms with van der Waals surface area (Å²) in [5.41, 5.74) is 0.650. The molecule has 0 aliphatic heterocycles. The quantitative estimate of drug-likeness (QED) is 0.804. The van der Waals surface area contributed by atoms with Gasteiger partial charge in [0.15, 0.2) is 5.69 Å². The minimum atomic E-state index is -1.27. The molecular formula is C13H9FN4O2S. The van der Waals surface area contributed by atoms with Gasteiger partial charge >= 0.3 is 5.97 Å². The SMILES string of the molecule is Cc1csc(-n2nnc(C(=O)O)c2-c2ccccc2F)n1. The van der Waals surface area contributed by atoms with Crippen LogP contribution >= 0.6 is 11.3 Å². The third-order valence-electron chi connectivity index (χ3n) is 2.79. The van der Waals surface area contributed by atoms with Crippen LogP contribution in [0.1, 0.15) is 16.2 Å². The fourth-order valence-electron chi connectivity index (χ4n) is 1.89. The standard InChI is InChI=1S/C13H9FN4O2S/c1-7-6-21-13(15-7)18-11(10(12(19)20)16-17-18)8-4-2-3-5-9(8)14/h2-6H,1H3,(H,19,20). The number of halogens is 1. The molecule has 0 saturated carbocycles. The molecule has 0 radical (unpaired) electrons. The molecule has 21 heavy (non-hydrogen) atoms. The van der Waals surface area contributed by atoms with Crippen molar-refractivity contribution in [3.63, 3.8) is 0 Å². The van der Waals surface area contributed by atoms with Crippen LogP contribution < -0.4 is 0 Å². The first-order chi connectivity index (χ1) is 10.1. The number of aryl methyl sites for hydroxylation is 1. The first-order valence-electron chi connectivity index (χ1n) is 5.94. The lowest BCUT2D eigenvalue weighted by atomic mass is 10.1. The van der Waals surface area contributed by atoms with Crippen molar-refractivity contribution in [2.75, 3.05) is 0 Å². The molecule has 0 atom stereocenters. The van der Waals surface area contributed by atoms with Crippen LogP contribution in [0.2, 0.25) is 0 Å². The number of carboxylic acid groups (broad SMARTS) is 1. The molecule has 0 spiro atoms. The van der Waals surface area contributed by atoms with Crippen molar-refractivity contribution < 1.29 is 14.3 Å². The summed E-state index contributed by atoms with van der Waals surface area (Å²) >= 11 is 1.28. The van der Waals surface area contributed by atoms with E-state index in [1.54, 1.807) is 18.4 Å². The van der Waals surface area contributed by atoms with Crippen LogP contribution in [-0.2, 0) is 0 Å². The maximum Gasteiger partial charge on any atom is 0.358 e. The Morgan fingerprint density at radius 2 is 2.14 bits per heavy atom. The number of aromatic nitrogens is 4. The van der Waals surface area contributed by atoms with Crippen molar-refractivity contribution in [3.05, 3.63) is 46.9 Å². The van der Waals surface area contributed by atoms with Crippen molar-refractivity contribution in [1.29, 1.82) is 0 Å². The van der Waals surface area contributed by atoms with Crippen LogP contribution in [0.25, 0.3) is 16.4 Å². The Morgan fingerprint density at radius 3 is 2.76 bits per heavy atom. The average Bonchev–Trinajstić information content (AvgIpc) is 3.05. The summed E-state index contributed by atoms with van der Waals surface area (Å²) < 4.78 is 15.3. The third-order valence-corrected chi connectivity index (χ3v) is 3.72. The van der Waals surface area contributed by atoms with Crippen molar-refractivity contribution in [3.8, 4) is 16.4 Å². The second-order valence-electron chi connectivity index (χ2n) is 4.25. The van der Waals surface area contributed by atoms with E-state index in [-0.39, 0.29) is 17.0 Å². The molecule has 8 heteroatoms. The lowest BCUT2D eigenvalue weighted by molar-refractivity contribution is 0.0691. The van der Waals surface area contributed by atoms with Gasteiger partial charge < -0.3 is 5.11 Å². The molecule has 1 N–H and O–H groups in total. The average molecular weight is 304 g/mol. The molecule has 0 aliphatic carbocycles. The number of hydrogen-bond acceptors (Lipinski definition) is 5. The Hall–Kier alpha value is -2.61. The fourth-order valence-corrected chi connectivity index (χ4v) is 2.65. The van der Waals surface area contributed by atoms with E-state index in [2.05, 4.69) is 15.3 Å². The molecular weight excluding hydrogens is 295 g/mol. The largest absolute Gasteiger partial charge is 0.476 e. The van der Waals surface area contributed by atoms with Crippen molar-refractivity contribution >= 4 is 17.3 Å². The molecule has 6 nitrogen and oxygen atoms in total.